The number of Topliss-reactive ketones (excluding diaryl/α,β-unsaturated/α-hetero) is 1. The van der Waals surface area contributed by atoms with Crippen molar-refractivity contribution in [1.29, 1.82) is 0 Å². The highest BCUT2D eigenvalue weighted by atomic mass is 32.2. The predicted molar refractivity (Wildman–Crippen MR) is 110 cm³/mol. The molecule has 1 amide bonds. The van der Waals surface area contributed by atoms with Crippen molar-refractivity contribution in [2.45, 2.75) is 42.5 Å². The molecule has 0 bridgehead atoms. The number of hydrogen-bond donors (Lipinski definition) is 1. The summed E-state index contributed by atoms with van der Waals surface area (Å²) in [5, 5.41) is 3.56. The van der Waals surface area contributed by atoms with Gasteiger partial charge in [-0.25, -0.2) is 9.97 Å². The fourth-order valence-electron chi connectivity index (χ4n) is 2.66. The standard InChI is InChI=1S/C20H23N3O2S2/c1-13-18(14(2)24)20(23-19(22-13)15-8-9-15)27-12-17(25)21-10-11-26-16-6-4-3-5-7-16/h3-7,15H,8-12H2,1-2H3,(H,21,25). The Kier molecular flexibility index (Phi) is 6.90. The first-order valence-electron chi connectivity index (χ1n) is 9.01. The van der Waals surface area contributed by atoms with E-state index in [0.29, 0.717) is 28.7 Å². The van der Waals surface area contributed by atoms with Gasteiger partial charge in [0.25, 0.3) is 0 Å². The lowest BCUT2D eigenvalue weighted by molar-refractivity contribution is -0.118. The smallest absolute Gasteiger partial charge is 0.230 e. The maximum absolute atomic E-state index is 12.2. The SMILES string of the molecule is CC(=O)c1c(C)nc(C2CC2)nc1SCC(=O)NCCSc1ccccc1. The number of thioether (sulfide) groups is 2. The molecular weight excluding hydrogens is 378 g/mol. The van der Waals surface area contributed by atoms with Crippen LogP contribution in [0, 0.1) is 6.92 Å². The Morgan fingerprint density at radius 1 is 1.15 bits per heavy atom. The molecule has 0 radical (unpaired) electrons. The van der Waals surface area contributed by atoms with Gasteiger partial charge >= 0.3 is 0 Å². The van der Waals surface area contributed by atoms with Crippen LogP contribution in [-0.4, -0.2) is 39.7 Å². The van der Waals surface area contributed by atoms with E-state index in [1.807, 2.05) is 25.1 Å². The maximum Gasteiger partial charge on any atom is 0.230 e. The lowest BCUT2D eigenvalue weighted by Gasteiger charge is -2.11. The molecule has 0 unspecified atom stereocenters. The third-order valence-electron chi connectivity index (χ3n) is 4.14. The van der Waals surface area contributed by atoms with Crippen LogP contribution < -0.4 is 5.32 Å². The Labute approximate surface area is 168 Å². The number of amides is 1. The molecule has 142 valence electrons. The Bertz CT molecular complexity index is 823. The molecule has 1 aromatic heterocycles. The molecule has 0 saturated heterocycles. The van der Waals surface area contributed by atoms with Gasteiger partial charge in [0, 0.05) is 23.1 Å². The average molecular weight is 402 g/mol. The highest BCUT2D eigenvalue weighted by molar-refractivity contribution is 8.00. The van der Waals surface area contributed by atoms with E-state index < -0.39 is 0 Å². The number of rotatable bonds is 9. The van der Waals surface area contributed by atoms with Crippen LogP contribution in [0.25, 0.3) is 0 Å². The van der Waals surface area contributed by atoms with Crippen molar-refractivity contribution in [1.82, 2.24) is 15.3 Å². The van der Waals surface area contributed by atoms with Gasteiger partial charge in [0.1, 0.15) is 10.9 Å². The summed E-state index contributed by atoms with van der Waals surface area (Å²) in [6.07, 6.45) is 2.20. The van der Waals surface area contributed by atoms with Crippen LogP contribution in [0.15, 0.2) is 40.3 Å². The minimum Gasteiger partial charge on any atom is -0.355 e. The molecular formula is C20H23N3O2S2. The van der Waals surface area contributed by atoms with E-state index in [1.54, 1.807) is 11.8 Å². The molecule has 1 aliphatic rings. The van der Waals surface area contributed by atoms with Crippen LogP contribution in [0.4, 0.5) is 0 Å². The second-order valence-corrected chi connectivity index (χ2v) is 8.61. The normalized spacial score (nSPS) is 13.4. The van der Waals surface area contributed by atoms with E-state index in [0.717, 1.165) is 24.4 Å². The van der Waals surface area contributed by atoms with Crippen molar-refractivity contribution >= 4 is 35.2 Å². The summed E-state index contributed by atoms with van der Waals surface area (Å²) in [6.45, 7) is 3.97. The summed E-state index contributed by atoms with van der Waals surface area (Å²) >= 11 is 3.03. The zero-order chi connectivity index (χ0) is 19.2. The number of nitrogens with zero attached hydrogens (tertiary/aromatic N) is 2. The van der Waals surface area contributed by atoms with E-state index in [4.69, 9.17) is 0 Å². The quantitative estimate of drug-likeness (QED) is 0.298. The molecule has 1 aromatic carbocycles. The van der Waals surface area contributed by atoms with E-state index >= 15 is 0 Å². The highest BCUT2D eigenvalue weighted by Crippen LogP contribution is 2.39. The third-order valence-corrected chi connectivity index (χ3v) is 6.13. The zero-order valence-corrected chi connectivity index (χ0v) is 17.2. The van der Waals surface area contributed by atoms with E-state index in [1.165, 1.54) is 23.6 Å². The number of carbonyl (C=O) groups excluding carboxylic acids is 2. The van der Waals surface area contributed by atoms with Crippen molar-refractivity contribution in [3.05, 3.63) is 47.4 Å². The van der Waals surface area contributed by atoms with Crippen molar-refractivity contribution in [3.63, 3.8) is 0 Å². The Morgan fingerprint density at radius 3 is 2.56 bits per heavy atom. The molecule has 1 N–H and O–H groups in total. The maximum atomic E-state index is 12.2. The van der Waals surface area contributed by atoms with Gasteiger partial charge in [-0.1, -0.05) is 30.0 Å². The molecule has 1 aliphatic carbocycles. The summed E-state index contributed by atoms with van der Waals surface area (Å²) in [7, 11) is 0. The molecule has 1 heterocycles. The zero-order valence-electron chi connectivity index (χ0n) is 15.5. The lowest BCUT2D eigenvalue weighted by atomic mass is 10.2. The summed E-state index contributed by atoms with van der Waals surface area (Å²) < 4.78 is 0. The Morgan fingerprint density at radius 2 is 1.89 bits per heavy atom. The van der Waals surface area contributed by atoms with E-state index in [-0.39, 0.29) is 17.4 Å². The Hall–Kier alpha value is -1.86. The van der Waals surface area contributed by atoms with Gasteiger partial charge in [-0.3, -0.25) is 9.59 Å². The van der Waals surface area contributed by atoms with Crippen molar-refractivity contribution in [2.75, 3.05) is 18.1 Å². The van der Waals surface area contributed by atoms with E-state index in [9.17, 15) is 9.59 Å². The Balaban J connectivity index is 1.51. The average Bonchev–Trinajstić information content (AvgIpc) is 3.49. The van der Waals surface area contributed by atoms with Crippen LogP contribution in [0.2, 0.25) is 0 Å². The second kappa shape index (κ2) is 9.37. The summed E-state index contributed by atoms with van der Waals surface area (Å²) in [6, 6.07) is 10.1. The van der Waals surface area contributed by atoms with Gasteiger partial charge < -0.3 is 5.32 Å². The molecule has 1 fully saturated rings. The molecule has 7 heteroatoms. The van der Waals surface area contributed by atoms with Crippen molar-refractivity contribution < 1.29 is 9.59 Å². The van der Waals surface area contributed by atoms with Crippen molar-refractivity contribution in [2.24, 2.45) is 0 Å². The van der Waals surface area contributed by atoms with Crippen LogP contribution in [0.1, 0.15) is 47.6 Å². The number of aryl methyl sites for hydroxylation is 1. The largest absolute Gasteiger partial charge is 0.355 e. The number of nitrogens with one attached hydrogen (secondary N) is 1. The number of aromatic nitrogens is 2. The van der Waals surface area contributed by atoms with Gasteiger partial charge in [-0.15, -0.1) is 11.8 Å². The van der Waals surface area contributed by atoms with Crippen molar-refractivity contribution in [3.8, 4) is 0 Å². The molecule has 1 saturated carbocycles. The fraction of sp³-hybridized carbons (Fsp3) is 0.400. The van der Waals surface area contributed by atoms with Gasteiger partial charge in [0.2, 0.25) is 5.91 Å². The number of hydrogen-bond acceptors (Lipinski definition) is 6. The number of ketones is 1. The van der Waals surface area contributed by atoms with Crippen LogP contribution in [0.3, 0.4) is 0 Å². The topological polar surface area (TPSA) is 72.0 Å². The second-order valence-electron chi connectivity index (χ2n) is 6.48. The highest BCUT2D eigenvalue weighted by Gasteiger charge is 2.29. The number of benzene rings is 1. The molecule has 5 nitrogen and oxygen atoms in total. The fourth-order valence-corrected chi connectivity index (χ4v) is 4.42. The lowest BCUT2D eigenvalue weighted by Crippen LogP contribution is -2.27. The predicted octanol–water partition coefficient (Wildman–Crippen LogP) is 3.87. The molecule has 0 atom stereocenters. The van der Waals surface area contributed by atoms with Gasteiger partial charge in [-0.2, -0.15) is 0 Å². The summed E-state index contributed by atoms with van der Waals surface area (Å²) in [5.41, 5.74) is 1.25. The van der Waals surface area contributed by atoms with Crippen LogP contribution in [-0.2, 0) is 4.79 Å². The van der Waals surface area contributed by atoms with Crippen LogP contribution >= 0.6 is 23.5 Å². The third kappa shape index (κ3) is 5.81. The summed E-state index contributed by atoms with van der Waals surface area (Å²) in [5.74, 6) is 2.17. The number of carbonyl (C=O) groups is 2. The molecule has 0 spiro atoms. The summed E-state index contributed by atoms with van der Waals surface area (Å²) in [4.78, 5) is 34.4. The first-order chi connectivity index (χ1) is 13.0. The van der Waals surface area contributed by atoms with Gasteiger partial charge in [-0.05, 0) is 38.8 Å². The molecule has 27 heavy (non-hydrogen) atoms. The monoisotopic (exact) mass is 401 g/mol. The van der Waals surface area contributed by atoms with E-state index in [2.05, 4.69) is 27.4 Å². The van der Waals surface area contributed by atoms with Gasteiger partial charge in [0.05, 0.1) is 17.0 Å². The minimum absolute atomic E-state index is 0.0487. The molecule has 2 aromatic rings. The molecule has 0 aliphatic heterocycles. The first-order valence-corrected chi connectivity index (χ1v) is 11.0. The molecule has 3 rings (SSSR count). The first kappa shape index (κ1) is 19.9. The van der Waals surface area contributed by atoms with Crippen LogP contribution in [0.5, 0.6) is 0 Å². The minimum atomic E-state index is -0.0583. The van der Waals surface area contributed by atoms with Gasteiger partial charge in [0.15, 0.2) is 5.78 Å².